The maximum atomic E-state index is 14.0. The van der Waals surface area contributed by atoms with E-state index in [0.717, 1.165) is 35.4 Å². The van der Waals surface area contributed by atoms with E-state index in [9.17, 15) is 4.39 Å². The summed E-state index contributed by atoms with van der Waals surface area (Å²) in [6, 6.07) is 8.35. The highest BCUT2D eigenvalue weighted by Crippen LogP contribution is 2.38. The summed E-state index contributed by atoms with van der Waals surface area (Å²) >= 11 is 0. The average Bonchev–Trinajstić information content (AvgIpc) is 3.44. The van der Waals surface area contributed by atoms with Crippen LogP contribution in [0.2, 0.25) is 0 Å². The van der Waals surface area contributed by atoms with Crippen molar-refractivity contribution in [2.24, 2.45) is 13.0 Å². The highest BCUT2D eigenvalue weighted by Gasteiger charge is 2.24. The standard InChI is InChI=1S/C22H20BFN6O/c1-13-20(27-28-30(13)23)15-7-8-25-18(9-15)21-22(29(2)12-26-21)17-6-5-16(24)10-19(17)31-11-14-3-4-14/h5-10,12,14H,3-4,11H2,1-2H3. The highest BCUT2D eigenvalue weighted by molar-refractivity contribution is 6.06. The molecule has 0 amide bonds. The fourth-order valence-corrected chi connectivity index (χ4v) is 3.55. The van der Waals surface area contributed by atoms with Crippen LogP contribution in [0, 0.1) is 18.7 Å². The molecule has 7 nitrogen and oxygen atoms in total. The number of nitrogens with zero attached hydrogens (tertiary/aromatic N) is 6. The Bertz CT molecular complexity index is 1260. The monoisotopic (exact) mass is 414 g/mol. The fraction of sp³-hybridized carbons (Fsp3) is 0.273. The molecule has 0 unspecified atom stereocenters. The first kappa shape index (κ1) is 19.5. The fourth-order valence-electron chi connectivity index (χ4n) is 3.55. The van der Waals surface area contributed by atoms with E-state index in [2.05, 4.69) is 20.3 Å². The predicted octanol–water partition coefficient (Wildman–Crippen LogP) is 3.58. The van der Waals surface area contributed by atoms with Crippen LogP contribution in [0.4, 0.5) is 4.39 Å². The Labute approximate surface area is 180 Å². The van der Waals surface area contributed by atoms with E-state index < -0.39 is 0 Å². The number of pyridine rings is 1. The van der Waals surface area contributed by atoms with Crippen molar-refractivity contribution in [2.45, 2.75) is 19.8 Å². The van der Waals surface area contributed by atoms with Crippen LogP contribution in [0.25, 0.3) is 33.9 Å². The molecule has 0 saturated heterocycles. The van der Waals surface area contributed by atoms with Gasteiger partial charge in [0.05, 0.1) is 24.3 Å². The van der Waals surface area contributed by atoms with Crippen LogP contribution >= 0.6 is 0 Å². The van der Waals surface area contributed by atoms with Crippen molar-refractivity contribution in [1.82, 2.24) is 29.4 Å². The lowest BCUT2D eigenvalue weighted by Gasteiger charge is -2.13. The first-order chi connectivity index (χ1) is 15.0. The maximum absolute atomic E-state index is 14.0. The summed E-state index contributed by atoms with van der Waals surface area (Å²) in [5, 5.41) is 8.03. The molecule has 0 aliphatic heterocycles. The van der Waals surface area contributed by atoms with E-state index in [1.54, 1.807) is 18.6 Å². The molecule has 0 atom stereocenters. The van der Waals surface area contributed by atoms with Gasteiger partial charge in [0.1, 0.15) is 23.0 Å². The number of imidazole rings is 1. The molecule has 154 valence electrons. The van der Waals surface area contributed by atoms with Crippen molar-refractivity contribution >= 4 is 7.98 Å². The van der Waals surface area contributed by atoms with E-state index in [1.165, 1.54) is 16.7 Å². The van der Waals surface area contributed by atoms with E-state index in [0.29, 0.717) is 35.4 Å². The summed E-state index contributed by atoms with van der Waals surface area (Å²) in [6.07, 6.45) is 5.73. The van der Waals surface area contributed by atoms with Crippen LogP contribution in [-0.2, 0) is 7.05 Å². The Morgan fingerprint density at radius 2 is 2.00 bits per heavy atom. The largest absolute Gasteiger partial charge is 0.492 e. The molecule has 1 saturated carbocycles. The molecule has 0 spiro atoms. The zero-order valence-corrected chi connectivity index (χ0v) is 17.3. The molecule has 2 radical (unpaired) electrons. The first-order valence-electron chi connectivity index (χ1n) is 10.1. The molecule has 5 rings (SSSR count). The number of ether oxygens (including phenoxy) is 1. The van der Waals surface area contributed by atoms with Gasteiger partial charge in [0.25, 0.3) is 7.98 Å². The topological polar surface area (TPSA) is 70.7 Å². The predicted molar refractivity (Wildman–Crippen MR) is 115 cm³/mol. The van der Waals surface area contributed by atoms with Crippen LogP contribution in [-0.4, -0.2) is 44.0 Å². The smallest absolute Gasteiger partial charge is 0.267 e. The summed E-state index contributed by atoms with van der Waals surface area (Å²) in [5.41, 5.74) is 5.16. The number of hydrogen-bond donors (Lipinski definition) is 0. The van der Waals surface area contributed by atoms with Gasteiger partial charge in [0.2, 0.25) is 0 Å². The molecule has 9 heteroatoms. The summed E-state index contributed by atoms with van der Waals surface area (Å²) in [7, 11) is 7.68. The van der Waals surface area contributed by atoms with Gasteiger partial charge in [-0.3, -0.25) is 4.98 Å². The normalized spacial score (nSPS) is 13.5. The summed E-state index contributed by atoms with van der Waals surface area (Å²) < 4.78 is 23.1. The van der Waals surface area contributed by atoms with Crippen LogP contribution < -0.4 is 4.74 Å². The zero-order chi connectivity index (χ0) is 21.5. The number of aromatic nitrogens is 6. The Hall–Kier alpha value is -3.49. The van der Waals surface area contributed by atoms with E-state index in [-0.39, 0.29) is 5.82 Å². The molecular formula is C22H20BFN6O. The third-order valence-electron chi connectivity index (χ3n) is 5.51. The molecule has 31 heavy (non-hydrogen) atoms. The zero-order valence-electron chi connectivity index (χ0n) is 17.3. The Kier molecular flexibility index (Phi) is 4.80. The maximum Gasteiger partial charge on any atom is 0.267 e. The van der Waals surface area contributed by atoms with Gasteiger partial charge in [0, 0.05) is 36.1 Å². The lowest BCUT2D eigenvalue weighted by Crippen LogP contribution is -2.03. The first-order valence-corrected chi connectivity index (χ1v) is 10.1. The minimum atomic E-state index is -0.335. The van der Waals surface area contributed by atoms with Gasteiger partial charge in [-0.05, 0) is 49.9 Å². The third kappa shape index (κ3) is 3.71. The minimum Gasteiger partial charge on any atom is -0.492 e. The molecule has 0 N–H and O–H groups in total. The minimum absolute atomic E-state index is 0.335. The second-order valence-electron chi connectivity index (χ2n) is 7.85. The van der Waals surface area contributed by atoms with Crippen molar-refractivity contribution in [1.29, 1.82) is 0 Å². The van der Waals surface area contributed by atoms with Gasteiger partial charge in [-0.2, -0.15) is 0 Å². The Morgan fingerprint density at radius 3 is 2.74 bits per heavy atom. The van der Waals surface area contributed by atoms with Gasteiger partial charge in [-0.15, -0.1) is 5.10 Å². The quantitative estimate of drug-likeness (QED) is 0.451. The van der Waals surface area contributed by atoms with E-state index in [4.69, 9.17) is 12.7 Å². The van der Waals surface area contributed by atoms with Crippen LogP contribution in [0.1, 0.15) is 18.5 Å². The third-order valence-corrected chi connectivity index (χ3v) is 5.51. The van der Waals surface area contributed by atoms with Crippen molar-refractivity contribution in [3.05, 3.63) is 54.4 Å². The summed E-state index contributed by atoms with van der Waals surface area (Å²) in [5.74, 6) is 0.730. The van der Waals surface area contributed by atoms with Gasteiger partial charge in [0.15, 0.2) is 0 Å². The number of rotatable bonds is 6. The van der Waals surface area contributed by atoms with Crippen LogP contribution in [0.5, 0.6) is 5.75 Å². The van der Waals surface area contributed by atoms with Crippen LogP contribution in [0.3, 0.4) is 0 Å². The number of halogens is 1. The summed E-state index contributed by atoms with van der Waals surface area (Å²) in [6.45, 7) is 2.44. The Morgan fingerprint density at radius 1 is 1.16 bits per heavy atom. The molecule has 4 aromatic rings. The molecular weight excluding hydrogens is 394 g/mol. The highest BCUT2D eigenvalue weighted by atomic mass is 19.1. The Balaban J connectivity index is 1.59. The van der Waals surface area contributed by atoms with Crippen LogP contribution in [0.15, 0.2) is 42.9 Å². The van der Waals surface area contributed by atoms with Crippen molar-refractivity contribution in [3.63, 3.8) is 0 Å². The molecule has 0 bridgehead atoms. The second-order valence-corrected chi connectivity index (χ2v) is 7.85. The number of benzene rings is 1. The van der Waals surface area contributed by atoms with Gasteiger partial charge in [-0.25, -0.2) is 9.37 Å². The van der Waals surface area contributed by atoms with Gasteiger partial charge < -0.3 is 13.9 Å². The lowest BCUT2D eigenvalue weighted by molar-refractivity contribution is 0.299. The molecule has 3 aromatic heterocycles. The SMILES string of the molecule is [B]n1nnc(-c2ccnc(-c3ncn(C)c3-c3ccc(F)cc3OCC3CC3)c2)c1C. The molecule has 3 heterocycles. The second kappa shape index (κ2) is 7.65. The molecule has 1 fully saturated rings. The van der Waals surface area contributed by atoms with E-state index >= 15 is 0 Å². The molecule has 1 aliphatic carbocycles. The number of hydrogen-bond acceptors (Lipinski definition) is 5. The van der Waals surface area contributed by atoms with E-state index in [1.807, 2.05) is 30.7 Å². The van der Waals surface area contributed by atoms with Crippen molar-refractivity contribution in [3.8, 4) is 39.7 Å². The number of aryl methyl sites for hydroxylation is 1. The average molecular weight is 414 g/mol. The lowest BCUT2D eigenvalue weighted by atomic mass is 10.0. The van der Waals surface area contributed by atoms with Gasteiger partial charge >= 0.3 is 0 Å². The molecule has 1 aromatic carbocycles. The van der Waals surface area contributed by atoms with Gasteiger partial charge in [-0.1, -0.05) is 5.21 Å². The molecule has 1 aliphatic rings. The summed E-state index contributed by atoms with van der Waals surface area (Å²) in [4.78, 5) is 9.11. The van der Waals surface area contributed by atoms with Crippen molar-refractivity contribution < 1.29 is 9.13 Å². The van der Waals surface area contributed by atoms with Crippen molar-refractivity contribution in [2.75, 3.05) is 6.61 Å².